The summed E-state index contributed by atoms with van der Waals surface area (Å²) in [4.78, 5) is 33.7. The number of nitrogens with one attached hydrogen (secondary N) is 2. The second-order valence-corrected chi connectivity index (χ2v) is 4.55. The minimum atomic E-state index is -1.17. The Hall–Kier alpha value is -1.93. The first kappa shape index (κ1) is 15.1. The highest BCUT2D eigenvalue weighted by Crippen LogP contribution is 2.07. The molecule has 8 heteroatoms. The summed E-state index contributed by atoms with van der Waals surface area (Å²) in [6.45, 7) is -0.631. The number of thiophene rings is 1. The lowest BCUT2D eigenvalue weighted by atomic mass is 10.3. The molecule has 0 saturated heterocycles. The first-order valence-corrected chi connectivity index (χ1v) is 6.35. The Labute approximate surface area is 113 Å². The van der Waals surface area contributed by atoms with E-state index in [9.17, 15) is 14.4 Å². The number of hydrogen-bond donors (Lipinski definition) is 3. The van der Waals surface area contributed by atoms with Crippen molar-refractivity contribution in [3.8, 4) is 0 Å². The van der Waals surface area contributed by atoms with Crippen LogP contribution in [-0.2, 0) is 20.7 Å². The summed E-state index contributed by atoms with van der Waals surface area (Å²) in [6, 6.07) is 3.25. The monoisotopic (exact) mass is 286 g/mol. The van der Waals surface area contributed by atoms with E-state index in [-0.39, 0.29) is 0 Å². The van der Waals surface area contributed by atoms with Gasteiger partial charge in [0.25, 0.3) is 5.91 Å². The second-order valence-electron chi connectivity index (χ2n) is 3.52. The molecule has 3 amide bonds. The van der Waals surface area contributed by atoms with Crippen molar-refractivity contribution in [2.45, 2.75) is 6.42 Å². The molecule has 3 N–H and O–H groups in total. The number of amides is 3. The minimum Gasteiger partial charge on any atom is -0.480 e. The van der Waals surface area contributed by atoms with Crippen molar-refractivity contribution in [1.82, 2.24) is 10.6 Å². The quantitative estimate of drug-likeness (QED) is 0.665. The number of carbonyl (C=O) groups is 3. The molecule has 1 rings (SSSR count). The van der Waals surface area contributed by atoms with Crippen LogP contribution in [-0.4, -0.2) is 42.8 Å². The van der Waals surface area contributed by atoms with E-state index in [0.717, 1.165) is 4.88 Å². The fourth-order valence-corrected chi connectivity index (χ4v) is 1.90. The Bertz CT molecular complexity index is 432. The maximum atomic E-state index is 11.3. The molecular formula is C11H14N2O5S. The van der Waals surface area contributed by atoms with Crippen molar-refractivity contribution in [3.05, 3.63) is 22.4 Å². The summed E-state index contributed by atoms with van der Waals surface area (Å²) in [5.74, 6) is -1.86. The topological polar surface area (TPSA) is 105 Å². The summed E-state index contributed by atoms with van der Waals surface area (Å²) >= 11 is 1.59. The number of imide groups is 1. The third-order valence-corrected chi connectivity index (χ3v) is 2.88. The molecule has 19 heavy (non-hydrogen) atoms. The molecule has 104 valence electrons. The zero-order valence-electron chi connectivity index (χ0n) is 10.0. The van der Waals surface area contributed by atoms with Crippen molar-refractivity contribution in [1.29, 1.82) is 0 Å². The van der Waals surface area contributed by atoms with Gasteiger partial charge in [-0.1, -0.05) is 6.07 Å². The number of hydrogen-bond acceptors (Lipinski definition) is 5. The molecule has 7 nitrogen and oxygen atoms in total. The number of carboxylic acids is 1. The van der Waals surface area contributed by atoms with E-state index in [1.165, 1.54) is 0 Å². The molecule has 0 fully saturated rings. The van der Waals surface area contributed by atoms with Crippen LogP contribution in [0.5, 0.6) is 0 Å². The molecule has 0 saturated carbocycles. The van der Waals surface area contributed by atoms with Gasteiger partial charge in [-0.3, -0.25) is 10.1 Å². The molecule has 0 unspecified atom stereocenters. The van der Waals surface area contributed by atoms with E-state index < -0.39 is 31.1 Å². The maximum absolute atomic E-state index is 11.3. The molecule has 1 aromatic rings. The molecular weight excluding hydrogens is 272 g/mol. The number of ether oxygens (including phenoxy) is 1. The number of carboxylic acid groups (broad SMARTS) is 1. The van der Waals surface area contributed by atoms with Gasteiger partial charge in [-0.05, 0) is 17.9 Å². The van der Waals surface area contributed by atoms with Gasteiger partial charge in [0.2, 0.25) is 0 Å². The normalized spacial score (nSPS) is 9.89. The molecule has 0 aromatic carbocycles. The number of urea groups is 1. The third kappa shape index (κ3) is 7.17. The first-order valence-electron chi connectivity index (χ1n) is 5.47. The third-order valence-electron chi connectivity index (χ3n) is 1.95. The summed E-state index contributed by atoms with van der Waals surface area (Å²) in [6.07, 6.45) is 0.689. The first-order chi connectivity index (χ1) is 9.08. The molecule has 0 aliphatic carbocycles. The highest BCUT2D eigenvalue weighted by Gasteiger charge is 2.08. The number of rotatable bonds is 7. The summed E-state index contributed by atoms with van der Waals surface area (Å²) < 4.78 is 4.53. The van der Waals surface area contributed by atoms with E-state index >= 15 is 0 Å². The highest BCUT2D eigenvalue weighted by atomic mass is 32.1. The van der Waals surface area contributed by atoms with E-state index in [1.807, 2.05) is 22.8 Å². The van der Waals surface area contributed by atoms with Crippen LogP contribution in [0.4, 0.5) is 4.79 Å². The smallest absolute Gasteiger partial charge is 0.329 e. The Morgan fingerprint density at radius 1 is 1.32 bits per heavy atom. The molecule has 0 aliphatic heterocycles. The van der Waals surface area contributed by atoms with E-state index in [2.05, 4.69) is 10.1 Å². The van der Waals surface area contributed by atoms with E-state index in [4.69, 9.17) is 5.11 Å². The molecule has 0 bridgehead atoms. The van der Waals surface area contributed by atoms with Gasteiger partial charge in [0, 0.05) is 11.4 Å². The predicted octanol–water partition coefficient (Wildman–Crippen LogP) is 0.218. The Balaban J connectivity index is 2.09. The van der Waals surface area contributed by atoms with Crippen molar-refractivity contribution in [2.24, 2.45) is 0 Å². The SMILES string of the molecule is O=C(O)COCC(=O)NC(=O)NCCc1cccs1. The van der Waals surface area contributed by atoms with Crippen LogP contribution in [0.2, 0.25) is 0 Å². The molecule has 1 heterocycles. The van der Waals surface area contributed by atoms with Crippen LogP contribution >= 0.6 is 11.3 Å². The molecule has 0 aliphatic rings. The van der Waals surface area contributed by atoms with Gasteiger partial charge >= 0.3 is 12.0 Å². The van der Waals surface area contributed by atoms with Crippen molar-refractivity contribution in [2.75, 3.05) is 19.8 Å². The molecule has 1 aromatic heterocycles. The predicted molar refractivity (Wildman–Crippen MR) is 68.0 cm³/mol. The van der Waals surface area contributed by atoms with Crippen molar-refractivity contribution >= 4 is 29.2 Å². The van der Waals surface area contributed by atoms with Crippen LogP contribution in [0.1, 0.15) is 4.88 Å². The van der Waals surface area contributed by atoms with Gasteiger partial charge in [-0.15, -0.1) is 11.3 Å². The van der Waals surface area contributed by atoms with Crippen molar-refractivity contribution < 1.29 is 24.2 Å². The maximum Gasteiger partial charge on any atom is 0.329 e. The fraction of sp³-hybridized carbons (Fsp3) is 0.364. The Morgan fingerprint density at radius 2 is 2.11 bits per heavy atom. The minimum absolute atomic E-state index is 0.412. The summed E-state index contributed by atoms with van der Waals surface area (Å²) in [5.41, 5.74) is 0. The highest BCUT2D eigenvalue weighted by molar-refractivity contribution is 7.09. The van der Waals surface area contributed by atoms with Crippen LogP contribution in [0, 0.1) is 0 Å². The lowest BCUT2D eigenvalue weighted by Crippen LogP contribution is -2.42. The Kier molecular flexibility index (Phi) is 6.55. The number of aliphatic carboxylic acids is 1. The van der Waals surface area contributed by atoms with Gasteiger partial charge < -0.3 is 15.2 Å². The average molecular weight is 286 g/mol. The van der Waals surface area contributed by atoms with Crippen LogP contribution < -0.4 is 10.6 Å². The van der Waals surface area contributed by atoms with Gasteiger partial charge in [0.05, 0.1) is 0 Å². The number of carbonyl (C=O) groups excluding carboxylic acids is 2. The van der Waals surface area contributed by atoms with Gasteiger partial charge in [0.1, 0.15) is 13.2 Å². The largest absolute Gasteiger partial charge is 0.480 e. The second kappa shape index (κ2) is 8.22. The van der Waals surface area contributed by atoms with Crippen LogP contribution in [0.25, 0.3) is 0 Å². The zero-order chi connectivity index (χ0) is 14.1. The van der Waals surface area contributed by atoms with E-state index in [0.29, 0.717) is 13.0 Å². The summed E-state index contributed by atoms with van der Waals surface area (Å²) in [7, 11) is 0. The lowest BCUT2D eigenvalue weighted by Gasteiger charge is -2.06. The van der Waals surface area contributed by atoms with Gasteiger partial charge in [-0.2, -0.15) is 0 Å². The van der Waals surface area contributed by atoms with Gasteiger partial charge in [-0.25, -0.2) is 9.59 Å². The summed E-state index contributed by atoms with van der Waals surface area (Å²) in [5, 5.41) is 14.8. The zero-order valence-corrected chi connectivity index (χ0v) is 10.9. The van der Waals surface area contributed by atoms with E-state index in [1.54, 1.807) is 11.3 Å². The average Bonchev–Trinajstić information content (AvgIpc) is 2.81. The van der Waals surface area contributed by atoms with Gasteiger partial charge in [0.15, 0.2) is 0 Å². The fourth-order valence-electron chi connectivity index (χ4n) is 1.19. The Morgan fingerprint density at radius 3 is 2.74 bits per heavy atom. The molecule has 0 radical (unpaired) electrons. The standard InChI is InChI=1S/C11H14N2O5S/c14-9(6-18-7-10(15)16)13-11(17)12-4-3-8-2-1-5-19-8/h1-2,5H,3-4,6-7H2,(H,15,16)(H2,12,13,14,17). The van der Waals surface area contributed by atoms with Crippen molar-refractivity contribution in [3.63, 3.8) is 0 Å². The lowest BCUT2D eigenvalue weighted by molar-refractivity contribution is -0.143. The molecule has 0 spiro atoms. The van der Waals surface area contributed by atoms with Crippen LogP contribution in [0.15, 0.2) is 17.5 Å². The molecule has 0 atom stereocenters. The van der Waals surface area contributed by atoms with Crippen LogP contribution in [0.3, 0.4) is 0 Å².